The summed E-state index contributed by atoms with van der Waals surface area (Å²) in [5, 5.41) is 9.55. The van der Waals surface area contributed by atoms with E-state index in [9.17, 15) is 4.79 Å². The van der Waals surface area contributed by atoms with E-state index in [-0.39, 0.29) is 5.92 Å². The normalized spacial score (nSPS) is 48.3. The van der Waals surface area contributed by atoms with Crippen molar-refractivity contribution in [2.75, 3.05) is 6.26 Å². The highest BCUT2D eigenvalue weighted by Crippen LogP contribution is 2.53. The van der Waals surface area contributed by atoms with Crippen LogP contribution >= 0.6 is 11.8 Å². The fourth-order valence-electron chi connectivity index (χ4n) is 2.94. The number of thioether (sulfide) groups is 1. The van der Waals surface area contributed by atoms with Crippen LogP contribution in [0, 0.1) is 11.8 Å². The second-order valence-corrected chi connectivity index (χ2v) is 5.34. The first-order chi connectivity index (χ1) is 6.08. The highest BCUT2D eigenvalue weighted by Gasteiger charge is 2.57. The van der Waals surface area contributed by atoms with Gasteiger partial charge in [-0.3, -0.25) is 4.79 Å². The Kier molecular flexibility index (Phi) is 2.07. The zero-order chi connectivity index (χ0) is 9.64. The van der Waals surface area contributed by atoms with Crippen molar-refractivity contribution in [3.8, 4) is 0 Å². The molecule has 2 fully saturated rings. The lowest BCUT2D eigenvalue weighted by Gasteiger charge is -2.34. The Bertz CT molecular complexity index is 246. The highest BCUT2D eigenvalue weighted by molar-refractivity contribution is 7.99. The van der Waals surface area contributed by atoms with Gasteiger partial charge in [0, 0.05) is 5.25 Å². The number of nitrogens with two attached hydrogens (primary N) is 1. The van der Waals surface area contributed by atoms with Gasteiger partial charge in [-0.2, -0.15) is 11.8 Å². The molecule has 2 saturated carbocycles. The van der Waals surface area contributed by atoms with Crippen molar-refractivity contribution in [3.05, 3.63) is 0 Å². The van der Waals surface area contributed by atoms with Crippen molar-refractivity contribution in [1.29, 1.82) is 0 Å². The van der Waals surface area contributed by atoms with Gasteiger partial charge in [0.1, 0.15) is 5.54 Å². The molecule has 0 unspecified atom stereocenters. The van der Waals surface area contributed by atoms with Crippen molar-refractivity contribution < 1.29 is 9.90 Å². The molecule has 74 valence electrons. The minimum absolute atomic E-state index is 0.199. The maximum absolute atomic E-state index is 11.0. The summed E-state index contributed by atoms with van der Waals surface area (Å²) in [6.07, 6.45) is 4.92. The summed E-state index contributed by atoms with van der Waals surface area (Å²) >= 11 is 1.77. The molecule has 0 aliphatic heterocycles. The van der Waals surface area contributed by atoms with Gasteiger partial charge >= 0.3 is 5.97 Å². The minimum Gasteiger partial charge on any atom is -0.480 e. The number of carboxylic acids is 1. The third-order valence-corrected chi connectivity index (χ3v) is 4.72. The van der Waals surface area contributed by atoms with Gasteiger partial charge in [-0.25, -0.2) is 0 Å². The lowest BCUT2D eigenvalue weighted by molar-refractivity contribution is -0.145. The van der Waals surface area contributed by atoms with Gasteiger partial charge in [0.25, 0.3) is 0 Å². The van der Waals surface area contributed by atoms with Crippen molar-refractivity contribution in [2.45, 2.75) is 30.1 Å². The summed E-state index contributed by atoms with van der Waals surface area (Å²) in [5.41, 5.74) is 5.02. The van der Waals surface area contributed by atoms with Gasteiger partial charge in [0.2, 0.25) is 0 Å². The Labute approximate surface area is 82.1 Å². The Hall–Kier alpha value is -0.220. The van der Waals surface area contributed by atoms with E-state index in [1.54, 1.807) is 11.8 Å². The number of rotatable bonds is 2. The Morgan fingerprint density at radius 3 is 2.77 bits per heavy atom. The molecular weight excluding hydrogens is 186 g/mol. The van der Waals surface area contributed by atoms with Crippen LogP contribution in [0.1, 0.15) is 19.3 Å². The summed E-state index contributed by atoms with van der Waals surface area (Å²) in [4.78, 5) is 11.0. The molecule has 2 aliphatic rings. The molecule has 2 bridgehead atoms. The fourth-order valence-corrected chi connectivity index (χ4v) is 4.09. The SMILES string of the molecule is CS[C@H]1C[C@@H]2C[C@H]1[C@@](N)(C(=O)O)C2. The lowest BCUT2D eigenvalue weighted by Crippen LogP contribution is -2.55. The Morgan fingerprint density at radius 2 is 2.31 bits per heavy atom. The number of aliphatic carboxylic acids is 1. The molecule has 3 N–H and O–H groups in total. The first kappa shape index (κ1) is 9.34. The van der Waals surface area contributed by atoms with Crippen molar-refractivity contribution >= 4 is 17.7 Å². The molecule has 0 aromatic carbocycles. The average molecular weight is 201 g/mol. The molecule has 4 atom stereocenters. The smallest absolute Gasteiger partial charge is 0.324 e. The predicted octanol–water partition coefficient (Wildman–Crippen LogP) is 0.930. The van der Waals surface area contributed by atoms with Crippen LogP contribution in [-0.2, 0) is 4.79 Å². The largest absolute Gasteiger partial charge is 0.480 e. The Morgan fingerprint density at radius 1 is 1.62 bits per heavy atom. The number of carboxylic acid groups (broad SMARTS) is 1. The molecule has 0 spiro atoms. The third-order valence-electron chi connectivity index (χ3n) is 3.59. The zero-order valence-electron chi connectivity index (χ0n) is 7.69. The molecule has 0 aromatic rings. The molecular formula is C9H15NO2S. The van der Waals surface area contributed by atoms with E-state index in [2.05, 4.69) is 0 Å². The van der Waals surface area contributed by atoms with Crippen LogP contribution < -0.4 is 5.73 Å². The topological polar surface area (TPSA) is 63.3 Å². The molecule has 0 saturated heterocycles. The van der Waals surface area contributed by atoms with Gasteiger partial charge < -0.3 is 10.8 Å². The van der Waals surface area contributed by atoms with E-state index >= 15 is 0 Å². The fraction of sp³-hybridized carbons (Fsp3) is 0.889. The molecule has 3 nitrogen and oxygen atoms in total. The summed E-state index contributed by atoms with van der Waals surface area (Å²) in [5.74, 6) is -0.0488. The molecule has 0 aromatic heterocycles. The quantitative estimate of drug-likeness (QED) is 0.697. The van der Waals surface area contributed by atoms with Crippen LogP contribution in [0.4, 0.5) is 0 Å². The maximum Gasteiger partial charge on any atom is 0.324 e. The second kappa shape index (κ2) is 2.89. The van der Waals surface area contributed by atoms with Crippen LogP contribution in [0.3, 0.4) is 0 Å². The van der Waals surface area contributed by atoms with Crippen LogP contribution in [0.25, 0.3) is 0 Å². The van der Waals surface area contributed by atoms with Crippen molar-refractivity contribution in [3.63, 3.8) is 0 Å². The van der Waals surface area contributed by atoms with Crippen LogP contribution in [-0.4, -0.2) is 28.1 Å². The van der Waals surface area contributed by atoms with Crippen molar-refractivity contribution in [2.24, 2.45) is 17.6 Å². The van der Waals surface area contributed by atoms with Crippen LogP contribution in [0.2, 0.25) is 0 Å². The number of carbonyl (C=O) groups is 1. The molecule has 0 radical (unpaired) electrons. The molecule has 13 heavy (non-hydrogen) atoms. The van der Waals surface area contributed by atoms with Gasteiger partial charge in [0.15, 0.2) is 0 Å². The Balaban J connectivity index is 2.22. The number of hydrogen-bond donors (Lipinski definition) is 2. The third kappa shape index (κ3) is 1.19. The van der Waals surface area contributed by atoms with Crippen molar-refractivity contribution in [1.82, 2.24) is 0 Å². The average Bonchev–Trinajstić information content (AvgIpc) is 2.60. The molecule has 2 rings (SSSR count). The minimum atomic E-state index is -0.920. The summed E-state index contributed by atoms with van der Waals surface area (Å²) < 4.78 is 0. The van der Waals surface area contributed by atoms with Gasteiger partial charge in [-0.15, -0.1) is 0 Å². The summed E-state index contributed by atoms with van der Waals surface area (Å²) in [6.45, 7) is 0. The highest BCUT2D eigenvalue weighted by atomic mass is 32.2. The zero-order valence-corrected chi connectivity index (χ0v) is 8.51. The van der Waals surface area contributed by atoms with Crippen LogP contribution in [0.5, 0.6) is 0 Å². The van der Waals surface area contributed by atoms with E-state index in [0.717, 1.165) is 12.8 Å². The summed E-state index contributed by atoms with van der Waals surface area (Å²) in [6, 6.07) is 0. The van der Waals surface area contributed by atoms with Gasteiger partial charge in [0.05, 0.1) is 0 Å². The molecule has 4 heteroatoms. The maximum atomic E-state index is 11.0. The lowest BCUT2D eigenvalue weighted by atomic mass is 9.81. The molecule has 0 amide bonds. The second-order valence-electron chi connectivity index (χ2n) is 4.27. The van der Waals surface area contributed by atoms with Gasteiger partial charge in [-0.05, 0) is 37.4 Å². The van der Waals surface area contributed by atoms with E-state index in [0.29, 0.717) is 17.6 Å². The van der Waals surface area contributed by atoms with E-state index < -0.39 is 11.5 Å². The first-order valence-corrected chi connectivity index (χ1v) is 5.92. The summed E-state index contributed by atoms with van der Waals surface area (Å²) in [7, 11) is 0. The van der Waals surface area contributed by atoms with E-state index in [1.807, 2.05) is 6.26 Å². The molecule has 0 heterocycles. The standard InChI is InChI=1S/C9H15NO2S/c1-13-7-3-5-2-6(7)9(10,4-5)8(11)12/h5-7H,2-4,10H2,1H3,(H,11,12)/t5-,6+,7-,9+/m0/s1. The number of hydrogen-bond acceptors (Lipinski definition) is 3. The van der Waals surface area contributed by atoms with E-state index in [1.165, 1.54) is 0 Å². The first-order valence-electron chi connectivity index (χ1n) is 4.63. The monoisotopic (exact) mass is 201 g/mol. The number of fused-ring (bicyclic) bond motifs is 2. The predicted molar refractivity (Wildman–Crippen MR) is 52.7 cm³/mol. The molecule has 2 aliphatic carbocycles. The van der Waals surface area contributed by atoms with Gasteiger partial charge in [-0.1, -0.05) is 0 Å². The van der Waals surface area contributed by atoms with E-state index in [4.69, 9.17) is 10.8 Å². The van der Waals surface area contributed by atoms with Crippen LogP contribution in [0.15, 0.2) is 0 Å².